The summed E-state index contributed by atoms with van der Waals surface area (Å²) < 4.78 is 0. The largest absolute Gasteiger partial charge is 0.347 e. The SMILES string of the molecule is CCc1ccccc1NC(=O)c1cccc(C(=O)NCc2ccc(Cl)cc2)n1. The Morgan fingerprint density at radius 3 is 2.29 bits per heavy atom. The van der Waals surface area contributed by atoms with Crippen LogP contribution in [0.25, 0.3) is 0 Å². The third-order valence-corrected chi connectivity index (χ3v) is 4.48. The molecule has 0 aliphatic heterocycles. The van der Waals surface area contributed by atoms with Gasteiger partial charge in [-0.3, -0.25) is 9.59 Å². The number of hydrogen-bond acceptors (Lipinski definition) is 3. The molecule has 0 saturated heterocycles. The molecule has 0 radical (unpaired) electrons. The topological polar surface area (TPSA) is 71.1 Å². The third kappa shape index (κ3) is 4.96. The predicted molar refractivity (Wildman–Crippen MR) is 111 cm³/mol. The van der Waals surface area contributed by atoms with Gasteiger partial charge in [0, 0.05) is 17.3 Å². The van der Waals surface area contributed by atoms with Gasteiger partial charge in [0.05, 0.1) is 0 Å². The summed E-state index contributed by atoms with van der Waals surface area (Å²) in [5.74, 6) is -0.702. The Hall–Kier alpha value is -3.18. The van der Waals surface area contributed by atoms with Crippen molar-refractivity contribution in [2.75, 3.05) is 5.32 Å². The average molecular weight is 394 g/mol. The van der Waals surface area contributed by atoms with E-state index in [4.69, 9.17) is 11.6 Å². The van der Waals surface area contributed by atoms with Gasteiger partial charge in [0.15, 0.2) is 0 Å². The van der Waals surface area contributed by atoms with Crippen LogP contribution < -0.4 is 10.6 Å². The van der Waals surface area contributed by atoms with Crippen LogP contribution in [0, 0.1) is 0 Å². The molecule has 0 saturated carbocycles. The summed E-state index contributed by atoms with van der Waals surface area (Å²) >= 11 is 5.86. The molecular weight excluding hydrogens is 374 g/mol. The quantitative estimate of drug-likeness (QED) is 0.648. The van der Waals surface area contributed by atoms with Crippen molar-refractivity contribution in [1.29, 1.82) is 0 Å². The fourth-order valence-electron chi connectivity index (χ4n) is 2.70. The van der Waals surface area contributed by atoms with E-state index in [0.29, 0.717) is 11.6 Å². The van der Waals surface area contributed by atoms with E-state index >= 15 is 0 Å². The number of hydrogen-bond donors (Lipinski definition) is 2. The summed E-state index contributed by atoms with van der Waals surface area (Å²) in [6.07, 6.45) is 0.803. The minimum atomic E-state index is -0.353. The van der Waals surface area contributed by atoms with Crippen molar-refractivity contribution in [3.05, 3.63) is 94.3 Å². The van der Waals surface area contributed by atoms with Crippen molar-refractivity contribution in [1.82, 2.24) is 10.3 Å². The first-order chi connectivity index (χ1) is 13.6. The summed E-state index contributed by atoms with van der Waals surface area (Å²) in [7, 11) is 0. The van der Waals surface area contributed by atoms with Gasteiger partial charge in [0.1, 0.15) is 11.4 Å². The molecule has 28 heavy (non-hydrogen) atoms. The van der Waals surface area contributed by atoms with E-state index in [1.54, 1.807) is 30.3 Å². The van der Waals surface area contributed by atoms with Crippen LogP contribution in [0.15, 0.2) is 66.7 Å². The van der Waals surface area contributed by atoms with Crippen molar-refractivity contribution >= 4 is 29.1 Å². The van der Waals surface area contributed by atoms with E-state index in [9.17, 15) is 9.59 Å². The minimum Gasteiger partial charge on any atom is -0.347 e. The highest BCUT2D eigenvalue weighted by Gasteiger charge is 2.13. The molecule has 2 aromatic carbocycles. The number of amides is 2. The molecule has 0 aliphatic carbocycles. The van der Waals surface area contributed by atoms with Crippen molar-refractivity contribution < 1.29 is 9.59 Å². The number of halogens is 1. The van der Waals surface area contributed by atoms with Crippen LogP contribution in [0.3, 0.4) is 0 Å². The molecule has 2 amide bonds. The monoisotopic (exact) mass is 393 g/mol. The second-order valence-corrected chi connectivity index (χ2v) is 6.62. The number of para-hydroxylation sites is 1. The molecule has 1 heterocycles. The minimum absolute atomic E-state index is 0.185. The number of nitrogens with one attached hydrogen (secondary N) is 2. The maximum atomic E-state index is 12.6. The van der Waals surface area contributed by atoms with Gasteiger partial charge in [0.2, 0.25) is 0 Å². The smallest absolute Gasteiger partial charge is 0.274 e. The molecule has 0 aliphatic rings. The van der Waals surface area contributed by atoms with Crippen molar-refractivity contribution in [3.8, 4) is 0 Å². The molecule has 142 valence electrons. The third-order valence-electron chi connectivity index (χ3n) is 4.23. The maximum Gasteiger partial charge on any atom is 0.274 e. The Morgan fingerprint density at radius 2 is 1.57 bits per heavy atom. The van der Waals surface area contributed by atoms with Gasteiger partial charge in [0.25, 0.3) is 11.8 Å². The number of aryl methyl sites for hydroxylation is 1. The van der Waals surface area contributed by atoms with E-state index < -0.39 is 0 Å². The van der Waals surface area contributed by atoms with Crippen LogP contribution >= 0.6 is 11.6 Å². The first kappa shape index (κ1) is 19.6. The lowest BCUT2D eigenvalue weighted by molar-refractivity contribution is 0.0945. The van der Waals surface area contributed by atoms with Crippen molar-refractivity contribution in [2.45, 2.75) is 19.9 Å². The van der Waals surface area contributed by atoms with Crippen LogP contribution in [0.1, 0.15) is 39.0 Å². The van der Waals surface area contributed by atoms with Gasteiger partial charge in [-0.2, -0.15) is 0 Å². The van der Waals surface area contributed by atoms with Gasteiger partial charge < -0.3 is 10.6 Å². The highest BCUT2D eigenvalue weighted by atomic mass is 35.5. The lowest BCUT2D eigenvalue weighted by Gasteiger charge is -2.10. The van der Waals surface area contributed by atoms with E-state index in [2.05, 4.69) is 15.6 Å². The van der Waals surface area contributed by atoms with Crippen LogP contribution in [0.4, 0.5) is 5.69 Å². The standard InChI is InChI=1S/C22H20ClN3O2/c1-2-16-6-3-4-7-18(16)26-22(28)20-9-5-8-19(25-20)21(27)24-14-15-10-12-17(23)13-11-15/h3-13H,2,14H2,1H3,(H,24,27)(H,26,28). The number of aromatic nitrogens is 1. The number of rotatable bonds is 6. The molecular formula is C22H20ClN3O2. The highest BCUT2D eigenvalue weighted by molar-refractivity contribution is 6.30. The number of pyridine rings is 1. The first-order valence-corrected chi connectivity index (χ1v) is 9.33. The average Bonchev–Trinajstić information content (AvgIpc) is 2.73. The van der Waals surface area contributed by atoms with Crippen LogP contribution in [0.5, 0.6) is 0 Å². The van der Waals surface area contributed by atoms with Crippen LogP contribution in [-0.4, -0.2) is 16.8 Å². The Bertz CT molecular complexity index is 987. The molecule has 3 aromatic rings. The van der Waals surface area contributed by atoms with Gasteiger partial charge in [-0.1, -0.05) is 54.9 Å². The van der Waals surface area contributed by atoms with E-state index in [1.807, 2.05) is 43.3 Å². The van der Waals surface area contributed by atoms with Crippen LogP contribution in [0.2, 0.25) is 5.02 Å². The predicted octanol–water partition coefficient (Wildman–Crippen LogP) is 4.48. The number of anilines is 1. The van der Waals surface area contributed by atoms with Gasteiger partial charge in [-0.25, -0.2) is 4.98 Å². The van der Waals surface area contributed by atoms with E-state index in [-0.39, 0.29) is 23.2 Å². The zero-order valence-corrected chi connectivity index (χ0v) is 16.2. The lowest BCUT2D eigenvalue weighted by atomic mass is 10.1. The van der Waals surface area contributed by atoms with Gasteiger partial charge in [-0.15, -0.1) is 0 Å². The number of carbonyl (C=O) groups excluding carboxylic acids is 2. The number of nitrogens with zero attached hydrogens (tertiary/aromatic N) is 1. The Morgan fingerprint density at radius 1 is 0.893 bits per heavy atom. The Balaban J connectivity index is 1.68. The van der Waals surface area contributed by atoms with E-state index in [0.717, 1.165) is 23.2 Å². The molecule has 1 aromatic heterocycles. The summed E-state index contributed by atoms with van der Waals surface area (Å²) in [5, 5.41) is 6.29. The molecule has 0 fully saturated rings. The Kier molecular flexibility index (Phi) is 6.40. The first-order valence-electron chi connectivity index (χ1n) is 8.95. The normalized spacial score (nSPS) is 10.4. The fourth-order valence-corrected chi connectivity index (χ4v) is 2.83. The summed E-state index contributed by atoms with van der Waals surface area (Å²) in [4.78, 5) is 29.1. The maximum absolute atomic E-state index is 12.6. The molecule has 0 bridgehead atoms. The molecule has 5 nitrogen and oxygen atoms in total. The van der Waals surface area contributed by atoms with Gasteiger partial charge >= 0.3 is 0 Å². The molecule has 6 heteroatoms. The zero-order valence-electron chi connectivity index (χ0n) is 15.4. The zero-order chi connectivity index (χ0) is 19.9. The van der Waals surface area contributed by atoms with E-state index in [1.165, 1.54) is 0 Å². The second-order valence-electron chi connectivity index (χ2n) is 6.18. The molecule has 0 atom stereocenters. The summed E-state index contributed by atoms with van der Waals surface area (Å²) in [6, 6.07) is 19.6. The highest BCUT2D eigenvalue weighted by Crippen LogP contribution is 2.16. The number of carbonyl (C=O) groups is 2. The van der Waals surface area contributed by atoms with Gasteiger partial charge in [-0.05, 0) is 47.9 Å². The fraction of sp³-hybridized carbons (Fsp3) is 0.136. The van der Waals surface area contributed by atoms with Crippen molar-refractivity contribution in [2.24, 2.45) is 0 Å². The lowest BCUT2D eigenvalue weighted by Crippen LogP contribution is -2.25. The summed E-state index contributed by atoms with van der Waals surface area (Å²) in [5.41, 5.74) is 3.07. The second kappa shape index (κ2) is 9.15. The molecule has 3 rings (SSSR count). The van der Waals surface area contributed by atoms with Crippen LogP contribution in [-0.2, 0) is 13.0 Å². The molecule has 0 spiro atoms. The molecule has 2 N–H and O–H groups in total. The van der Waals surface area contributed by atoms with Crippen molar-refractivity contribution in [3.63, 3.8) is 0 Å². The Labute approximate surface area is 168 Å². The number of benzene rings is 2. The summed E-state index contributed by atoms with van der Waals surface area (Å²) in [6.45, 7) is 2.37. The molecule has 0 unspecified atom stereocenters.